The van der Waals surface area contributed by atoms with E-state index in [1.807, 2.05) is 43.5 Å². The maximum Gasteiger partial charge on any atom is 0.105 e. The zero-order valence-electron chi connectivity index (χ0n) is 9.20. The number of aliphatic hydroxyl groups excluding tert-OH is 1. The van der Waals surface area contributed by atoms with E-state index in [1.54, 1.807) is 11.3 Å². The van der Waals surface area contributed by atoms with Crippen LogP contribution in [0.5, 0.6) is 0 Å². The number of thiophene rings is 1. The Hall–Kier alpha value is -0.640. The molecule has 0 saturated heterocycles. The van der Waals surface area contributed by atoms with Gasteiger partial charge < -0.3 is 5.11 Å². The van der Waals surface area contributed by atoms with E-state index in [9.17, 15) is 5.11 Å². The molecule has 1 unspecified atom stereocenters. The van der Waals surface area contributed by atoms with Crippen LogP contribution in [0.2, 0.25) is 0 Å². The fourth-order valence-electron chi connectivity index (χ4n) is 1.64. The normalized spacial score (nSPS) is 12.8. The first-order valence-electron chi connectivity index (χ1n) is 5.07. The molecule has 0 radical (unpaired) electrons. The van der Waals surface area contributed by atoms with Crippen LogP contribution in [0.1, 0.15) is 27.7 Å². The maximum absolute atomic E-state index is 10.2. The van der Waals surface area contributed by atoms with Gasteiger partial charge >= 0.3 is 0 Å². The Bertz CT molecular complexity index is 504. The molecule has 0 fully saturated rings. The van der Waals surface area contributed by atoms with Gasteiger partial charge in [-0.15, -0.1) is 11.3 Å². The van der Waals surface area contributed by atoms with Gasteiger partial charge in [-0.25, -0.2) is 0 Å². The third-order valence-electron chi connectivity index (χ3n) is 2.56. The van der Waals surface area contributed by atoms with Crippen LogP contribution >= 0.6 is 27.3 Å². The molecule has 1 aromatic heterocycles. The lowest BCUT2D eigenvalue weighted by molar-refractivity contribution is 0.220. The first-order valence-corrected chi connectivity index (χ1v) is 6.74. The molecular weight excluding hydrogens is 284 g/mol. The van der Waals surface area contributed by atoms with Crippen molar-refractivity contribution < 1.29 is 5.11 Å². The number of aryl methyl sites for hydroxylation is 2. The number of halogens is 1. The first kappa shape index (κ1) is 11.8. The van der Waals surface area contributed by atoms with Crippen molar-refractivity contribution in [3.63, 3.8) is 0 Å². The Balaban J connectivity index is 2.33. The molecule has 1 N–H and O–H groups in total. The predicted octanol–water partition coefficient (Wildman–Crippen LogP) is 4.21. The van der Waals surface area contributed by atoms with Gasteiger partial charge in [0, 0.05) is 9.35 Å². The molecule has 0 saturated carbocycles. The Morgan fingerprint density at radius 1 is 1.19 bits per heavy atom. The van der Waals surface area contributed by atoms with E-state index in [0.29, 0.717) is 0 Å². The first-order chi connectivity index (χ1) is 7.58. The summed E-state index contributed by atoms with van der Waals surface area (Å²) in [6.45, 7) is 4.08. The Kier molecular flexibility index (Phi) is 3.47. The number of hydrogen-bond donors (Lipinski definition) is 1. The molecule has 0 aliphatic rings. The second-order valence-electron chi connectivity index (χ2n) is 3.90. The minimum atomic E-state index is -0.517. The zero-order valence-corrected chi connectivity index (χ0v) is 11.6. The van der Waals surface area contributed by atoms with Crippen LogP contribution in [-0.2, 0) is 0 Å². The highest BCUT2D eigenvalue weighted by atomic mass is 79.9. The highest BCUT2D eigenvalue weighted by molar-refractivity contribution is 9.10. The van der Waals surface area contributed by atoms with Gasteiger partial charge in [-0.1, -0.05) is 28.1 Å². The van der Waals surface area contributed by atoms with Gasteiger partial charge in [0.15, 0.2) is 0 Å². The summed E-state index contributed by atoms with van der Waals surface area (Å²) >= 11 is 5.12. The molecular formula is C13H13BrOS. The summed E-state index contributed by atoms with van der Waals surface area (Å²) in [6.07, 6.45) is -0.517. The molecule has 16 heavy (non-hydrogen) atoms. The topological polar surface area (TPSA) is 20.2 Å². The highest BCUT2D eigenvalue weighted by Crippen LogP contribution is 2.28. The van der Waals surface area contributed by atoms with Gasteiger partial charge in [0.05, 0.1) is 0 Å². The van der Waals surface area contributed by atoms with Crippen LogP contribution < -0.4 is 0 Å². The summed E-state index contributed by atoms with van der Waals surface area (Å²) in [5.41, 5.74) is 3.06. The molecule has 84 valence electrons. The molecule has 0 bridgehead atoms. The van der Waals surface area contributed by atoms with Crippen molar-refractivity contribution in [2.75, 3.05) is 0 Å². The van der Waals surface area contributed by atoms with Crippen LogP contribution in [0.4, 0.5) is 0 Å². The van der Waals surface area contributed by atoms with Crippen molar-refractivity contribution in [3.05, 3.63) is 55.7 Å². The number of hydrogen-bond acceptors (Lipinski definition) is 2. The molecule has 1 heterocycles. The Morgan fingerprint density at radius 3 is 2.50 bits per heavy atom. The van der Waals surface area contributed by atoms with Crippen LogP contribution in [0.25, 0.3) is 0 Å². The summed E-state index contributed by atoms with van der Waals surface area (Å²) < 4.78 is 1.07. The van der Waals surface area contributed by atoms with Gasteiger partial charge in [-0.2, -0.15) is 0 Å². The SMILES string of the molecule is Cc1cc(C(O)c2ccc(Br)c(C)c2)cs1. The summed E-state index contributed by atoms with van der Waals surface area (Å²) in [7, 11) is 0. The second-order valence-corrected chi connectivity index (χ2v) is 5.87. The van der Waals surface area contributed by atoms with Crippen molar-refractivity contribution in [2.24, 2.45) is 0 Å². The molecule has 1 nitrogen and oxygen atoms in total. The quantitative estimate of drug-likeness (QED) is 0.880. The van der Waals surface area contributed by atoms with Crippen LogP contribution in [0.15, 0.2) is 34.1 Å². The molecule has 2 rings (SSSR count). The van der Waals surface area contributed by atoms with Crippen LogP contribution in [0.3, 0.4) is 0 Å². The van der Waals surface area contributed by atoms with Gasteiger partial charge in [-0.3, -0.25) is 0 Å². The van der Waals surface area contributed by atoms with Crippen molar-refractivity contribution in [1.82, 2.24) is 0 Å². The van der Waals surface area contributed by atoms with Gasteiger partial charge in [0.1, 0.15) is 6.10 Å². The van der Waals surface area contributed by atoms with E-state index in [1.165, 1.54) is 4.88 Å². The van der Waals surface area contributed by atoms with Crippen LogP contribution in [0, 0.1) is 13.8 Å². The molecule has 2 aromatic rings. The minimum absolute atomic E-state index is 0.517. The number of aliphatic hydroxyl groups is 1. The molecule has 0 amide bonds. The van der Waals surface area contributed by atoms with Crippen molar-refractivity contribution in [2.45, 2.75) is 20.0 Å². The Morgan fingerprint density at radius 2 is 1.94 bits per heavy atom. The predicted molar refractivity (Wildman–Crippen MR) is 72.0 cm³/mol. The fourth-order valence-corrected chi connectivity index (χ4v) is 2.61. The second kappa shape index (κ2) is 4.70. The summed E-state index contributed by atoms with van der Waals surface area (Å²) in [5.74, 6) is 0. The highest BCUT2D eigenvalue weighted by Gasteiger charge is 2.12. The molecule has 0 spiro atoms. The van der Waals surface area contributed by atoms with Crippen molar-refractivity contribution >= 4 is 27.3 Å². The van der Waals surface area contributed by atoms with Gasteiger partial charge in [0.2, 0.25) is 0 Å². The molecule has 0 aliphatic heterocycles. The lowest BCUT2D eigenvalue weighted by Gasteiger charge is -2.10. The minimum Gasteiger partial charge on any atom is -0.384 e. The largest absolute Gasteiger partial charge is 0.384 e. The average molecular weight is 297 g/mol. The molecule has 3 heteroatoms. The summed E-state index contributed by atoms with van der Waals surface area (Å²) in [6, 6.07) is 7.98. The summed E-state index contributed by atoms with van der Waals surface area (Å²) in [4.78, 5) is 1.22. The Labute approximate surface area is 108 Å². The third kappa shape index (κ3) is 2.37. The standard InChI is InChI=1S/C13H13BrOS/c1-8-5-10(3-4-12(8)14)13(15)11-6-9(2)16-7-11/h3-7,13,15H,1-2H3. The molecule has 1 atom stereocenters. The van der Waals surface area contributed by atoms with E-state index in [0.717, 1.165) is 21.2 Å². The molecule has 1 aromatic carbocycles. The smallest absolute Gasteiger partial charge is 0.105 e. The lowest BCUT2D eigenvalue weighted by atomic mass is 10.0. The lowest BCUT2D eigenvalue weighted by Crippen LogP contribution is -1.98. The van der Waals surface area contributed by atoms with E-state index in [2.05, 4.69) is 15.9 Å². The van der Waals surface area contributed by atoms with E-state index < -0.39 is 6.10 Å². The maximum atomic E-state index is 10.2. The molecule has 0 aliphatic carbocycles. The monoisotopic (exact) mass is 296 g/mol. The third-order valence-corrected chi connectivity index (χ3v) is 4.33. The summed E-state index contributed by atoms with van der Waals surface area (Å²) in [5, 5.41) is 12.2. The van der Waals surface area contributed by atoms with E-state index >= 15 is 0 Å². The number of benzene rings is 1. The van der Waals surface area contributed by atoms with Crippen molar-refractivity contribution in [3.8, 4) is 0 Å². The van der Waals surface area contributed by atoms with Gasteiger partial charge in [0.25, 0.3) is 0 Å². The number of rotatable bonds is 2. The van der Waals surface area contributed by atoms with E-state index in [4.69, 9.17) is 0 Å². The zero-order chi connectivity index (χ0) is 11.7. The average Bonchev–Trinajstić information content (AvgIpc) is 2.68. The van der Waals surface area contributed by atoms with Crippen molar-refractivity contribution in [1.29, 1.82) is 0 Å². The fraction of sp³-hybridized carbons (Fsp3) is 0.231. The van der Waals surface area contributed by atoms with Crippen LogP contribution in [-0.4, -0.2) is 5.11 Å². The van der Waals surface area contributed by atoms with E-state index in [-0.39, 0.29) is 0 Å². The van der Waals surface area contributed by atoms with Gasteiger partial charge in [-0.05, 0) is 48.1 Å².